The smallest absolute Gasteiger partial charge is 0.221 e. The predicted molar refractivity (Wildman–Crippen MR) is 86.5 cm³/mol. The number of aryl methyl sites for hydroxylation is 2. The molecule has 2 rings (SSSR count). The number of rotatable bonds is 3. The van der Waals surface area contributed by atoms with Crippen LogP contribution in [-0.4, -0.2) is 14.3 Å². The third-order valence-electron chi connectivity index (χ3n) is 3.15. The van der Waals surface area contributed by atoms with E-state index in [0.717, 1.165) is 11.1 Å². The van der Waals surface area contributed by atoms with Crippen molar-refractivity contribution in [2.24, 2.45) is 0 Å². The fraction of sp³-hybridized carbons (Fsp3) is 0.188. The minimum atomic E-state index is -3.67. The van der Waals surface area contributed by atoms with Gasteiger partial charge in [-0.3, -0.25) is 4.79 Å². The second-order valence-electron chi connectivity index (χ2n) is 5.26. The van der Waals surface area contributed by atoms with Gasteiger partial charge in [0, 0.05) is 6.92 Å². The molecule has 3 N–H and O–H groups in total. The van der Waals surface area contributed by atoms with Crippen LogP contribution in [-0.2, 0) is 14.6 Å². The monoisotopic (exact) mass is 318 g/mol. The molecule has 0 unspecified atom stereocenters. The van der Waals surface area contributed by atoms with Crippen LogP contribution in [0.15, 0.2) is 46.2 Å². The van der Waals surface area contributed by atoms with Gasteiger partial charge in [-0.05, 0) is 55.3 Å². The van der Waals surface area contributed by atoms with Crippen molar-refractivity contribution in [1.29, 1.82) is 0 Å². The largest absolute Gasteiger partial charge is 0.397 e. The van der Waals surface area contributed by atoms with Crippen molar-refractivity contribution in [3.8, 4) is 0 Å². The Balaban J connectivity index is 2.56. The van der Waals surface area contributed by atoms with Crippen LogP contribution < -0.4 is 11.1 Å². The maximum atomic E-state index is 12.7. The molecule has 0 saturated heterocycles. The Morgan fingerprint density at radius 1 is 1.00 bits per heavy atom. The van der Waals surface area contributed by atoms with Gasteiger partial charge < -0.3 is 11.1 Å². The van der Waals surface area contributed by atoms with E-state index in [1.54, 1.807) is 12.1 Å². The lowest BCUT2D eigenvalue weighted by Crippen LogP contribution is -2.10. The SMILES string of the molecule is CC(=O)Nc1cc(S(=O)(=O)c2cc(C)cc(C)c2)ccc1N. The number of carbonyl (C=O) groups excluding carboxylic acids is 1. The topological polar surface area (TPSA) is 89.3 Å². The zero-order chi connectivity index (χ0) is 16.5. The molecule has 2 aromatic rings. The normalized spacial score (nSPS) is 11.2. The summed E-state index contributed by atoms with van der Waals surface area (Å²) in [6.45, 7) is 5.03. The fourth-order valence-corrected chi connectivity index (χ4v) is 3.70. The molecule has 1 amide bonds. The van der Waals surface area contributed by atoms with Crippen LogP contribution in [0, 0.1) is 13.8 Å². The van der Waals surface area contributed by atoms with Crippen LogP contribution in [0.5, 0.6) is 0 Å². The lowest BCUT2D eigenvalue weighted by Gasteiger charge is -2.11. The Kier molecular flexibility index (Phi) is 4.23. The third kappa shape index (κ3) is 3.28. The lowest BCUT2D eigenvalue weighted by molar-refractivity contribution is -0.114. The molecule has 0 radical (unpaired) electrons. The molecular formula is C16H18N2O3S. The molecule has 2 aromatic carbocycles. The van der Waals surface area contributed by atoms with Crippen LogP contribution in [0.25, 0.3) is 0 Å². The highest BCUT2D eigenvalue weighted by atomic mass is 32.2. The summed E-state index contributed by atoms with van der Waals surface area (Å²) in [6.07, 6.45) is 0. The first kappa shape index (κ1) is 16.0. The number of nitrogens with one attached hydrogen (secondary N) is 1. The highest BCUT2D eigenvalue weighted by molar-refractivity contribution is 7.91. The third-order valence-corrected chi connectivity index (χ3v) is 4.88. The average molecular weight is 318 g/mol. The first-order valence-corrected chi connectivity index (χ1v) is 8.19. The molecule has 116 valence electrons. The Morgan fingerprint density at radius 3 is 2.14 bits per heavy atom. The van der Waals surface area contributed by atoms with Crippen LogP contribution >= 0.6 is 0 Å². The maximum Gasteiger partial charge on any atom is 0.221 e. The number of hydrogen-bond donors (Lipinski definition) is 2. The zero-order valence-corrected chi connectivity index (χ0v) is 13.5. The van der Waals surface area contributed by atoms with Crippen LogP contribution in [0.4, 0.5) is 11.4 Å². The van der Waals surface area contributed by atoms with Gasteiger partial charge in [0.2, 0.25) is 15.7 Å². The van der Waals surface area contributed by atoms with E-state index in [4.69, 9.17) is 5.73 Å². The number of carbonyl (C=O) groups is 1. The van der Waals surface area contributed by atoms with E-state index in [-0.39, 0.29) is 21.4 Å². The van der Waals surface area contributed by atoms with E-state index in [1.165, 1.54) is 25.1 Å². The lowest BCUT2D eigenvalue weighted by atomic mass is 10.2. The van der Waals surface area contributed by atoms with Gasteiger partial charge in [0.1, 0.15) is 0 Å². The molecular weight excluding hydrogens is 300 g/mol. The predicted octanol–water partition coefficient (Wildman–Crippen LogP) is 2.68. The van der Waals surface area contributed by atoms with Crippen molar-refractivity contribution in [1.82, 2.24) is 0 Å². The number of hydrogen-bond acceptors (Lipinski definition) is 4. The summed E-state index contributed by atoms with van der Waals surface area (Å²) in [5, 5.41) is 2.53. The van der Waals surface area contributed by atoms with Crippen molar-refractivity contribution in [3.05, 3.63) is 47.5 Å². The Hall–Kier alpha value is -2.34. The van der Waals surface area contributed by atoms with Gasteiger partial charge in [-0.2, -0.15) is 0 Å². The van der Waals surface area contributed by atoms with Crippen LogP contribution in [0.1, 0.15) is 18.1 Å². The molecule has 0 atom stereocenters. The summed E-state index contributed by atoms with van der Waals surface area (Å²) in [5.41, 5.74) is 8.11. The molecule has 0 bridgehead atoms. The van der Waals surface area contributed by atoms with Gasteiger partial charge in [-0.1, -0.05) is 6.07 Å². The second kappa shape index (κ2) is 5.81. The van der Waals surface area contributed by atoms with Gasteiger partial charge in [-0.25, -0.2) is 8.42 Å². The molecule has 0 spiro atoms. The fourth-order valence-electron chi connectivity index (χ4n) is 2.22. The van der Waals surface area contributed by atoms with Gasteiger partial charge in [0.25, 0.3) is 0 Å². The molecule has 5 nitrogen and oxygen atoms in total. The molecule has 0 fully saturated rings. The summed E-state index contributed by atoms with van der Waals surface area (Å²) in [6, 6.07) is 9.44. The number of amides is 1. The summed E-state index contributed by atoms with van der Waals surface area (Å²) in [7, 11) is -3.67. The molecule has 0 heterocycles. The standard InChI is InChI=1S/C16H18N2O3S/c1-10-6-11(2)8-14(7-10)22(20,21)13-4-5-15(17)16(9-13)18-12(3)19/h4-9H,17H2,1-3H3,(H,18,19). The molecule has 0 aromatic heterocycles. The zero-order valence-electron chi connectivity index (χ0n) is 12.7. The number of nitrogens with two attached hydrogens (primary N) is 1. The van der Waals surface area contributed by atoms with Gasteiger partial charge in [0.15, 0.2) is 0 Å². The number of anilines is 2. The summed E-state index contributed by atoms with van der Waals surface area (Å²) in [5.74, 6) is -0.312. The number of sulfone groups is 1. The first-order valence-electron chi connectivity index (χ1n) is 6.70. The highest BCUT2D eigenvalue weighted by Gasteiger charge is 2.19. The van der Waals surface area contributed by atoms with E-state index in [9.17, 15) is 13.2 Å². The van der Waals surface area contributed by atoms with Crippen molar-refractivity contribution < 1.29 is 13.2 Å². The van der Waals surface area contributed by atoms with Crippen LogP contribution in [0.3, 0.4) is 0 Å². The molecule has 22 heavy (non-hydrogen) atoms. The van der Waals surface area contributed by atoms with Crippen molar-refractivity contribution in [3.63, 3.8) is 0 Å². The van der Waals surface area contributed by atoms with Crippen molar-refractivity contribution in [2.75, 3.05) is 11.1 Å². The summed E-state index contributed by atoms with van der Waals surface area (Å²) >= 11 is 0. The van der Waals surface area contributed by atoms with E-state index in [0.29, 0.717) is 5.69 Å². The van der Waals surface area contributed by atoms with Crippen molar-refractivity contribution >= 4 is 27.1 Å². The molecule has 6 heteroatoms. The van der Waals surface area contributed by atoms with E-state index in [1.807, 2.05) is 19.9 Å². The summed E-state index contributed by atoms with van der Waals surface area (Å²) < 4.78 is 25.5. The Bertz CT molecular complexity index is 822. The quantitative estimate of drug-likeness (QED) is 0.851. The van der Waals surface area contributed by atoms with E-state index in [2.05, 4.69) is 5.32 Å². The van der Waals surface area contributed by atoms with E-state index < -0.39 is 9.84 Å². The van der Waals surface area contributed by atoms with Gasteiger partial charge in [-0.15, -0.1) is 0 Å². The molecule has 0 aliphatic rings. The minimum absolute atomic E-state index is 0.0930. The van der Waals surface area contributed by atoms with Crippen molar-refractivity contribution in [2.45, 2.75) is 30.6 Å². The first-order chi connectivity index (χ1) is 10.2. The van der Waals surface area contributed by atoms with E-state index >= 15 is 0 Å². The van der Waals surface area contributed by atoms with Crippen LogP contribution in [0.2, 0.25) is 0 Å². The highest BCUT2D eigenvalue weighted by Crippen LogP contribution is 2.28. The van der Waals surface area contributed by atoms with Gasteiger partial charge >= 0.3 is 0 Å². The molecule has 0 aliphatic carbocycles. The maximum absolute atomic E-state index is 12.7. The summed E-state index contributed by atoms with van der Waals surface area (Å²) in [4.78, 5) is 11.5. The Labute approximate surface area is 130 Å². The molecule has 0 aliphatic heterocycles. The molecule has 0 saturated carbocycles. The number of nitrogen functional groups attached to an aromatic ring is 1. The number of benzene rings is 2. The second-order valence-corrected chi connectivity index (χ2v) is 7.21. The van der Waals surface area contributed by atoms with Gasteiger partial charge in [0.05, 0.1) is 21.2 Å². The average Bonchev–Trinajstić information content (AvgIpc) is 2.39. The minimum Gasteiger partial charge on any atom is -0.397 e. The Morgan fingerprint density at radius 2 is 1.59 bits per heavy atom.